The Morgan fingerprint density at radius 3 is 2.92 bits per heavy atom. The fraction of sp³-hybridized carbons (Fsp3) is 0.517. The lowest BCUT2D eigenvalue weighted by Gasteiger charge is -2.09. The predicted octanol–water partition coefficient (Wildman–Crippen LogP) is 6.38. The second-order valence-electron chi connectivity index (χ2n) is 10.0. The Hall–Kier alpha value is -2.60. The van der Waals surface area contributed by atoms with E-state index in [1.54, 1.807) is 24.0 Å². The standard InChI is InChI=1S/C29H38FN5OS/c1-20(2)19-33-26-18-23(12-14-32-26)28-27(21-8-10-24(30)11-9-21)34-29(35-28)37-16-15-36-25-17-22(25)7-5-4-6-13-31-3/h8,10,12,14,18,20,22,25,31H,4-7,13,15-17,19H2,1-3H3,(H,32,33)(H,34,35). The van der Waals surface area contributed by atoms with Gasteiger partial charge >= 0.3 is 0 Å². The molecule has 0 bridgehead atoms. The number of nitrogens with zero attached hydrogens (tertiary/aromatic N) is 2. The number of hydrogen-bond acceptors (Lipinski definition) is 6. The van der Waals surface area contributed by atoms with E-state index in [2.05, 4.69) is 45.9 Å². The molecule has 2 unspecified atom stereocenters. The van der Waals surface area contributed by atoms with Gasteiger partial charge in [-0.2, -0.15) is 4.39 Å². The third kappa shape index (κ3) is 8.46. The summed E-state index contributed by atoms with van der Waals surface area (Å²) in [6, 6.07) is 3.96. The summed E-state index contributed by atoms with van der Waals surface area (Å²) in [5, 5.41) is 7.39. The Kier molecular flexibility index (Phi) is 10.2. The van der Waals surface area contributed by atoms with Crippen molar-refractivity contribution in [3.63, 3.8) is 0 Å². The van der Waals surface area contributed by atoms with Crippen molar-refractivity contribution in [1.82, 2.24) is 20.3 Å². The van der Waals surface area contributed by atoms with Crippen LogP contribution in [0.15, 0.2) is 52.9 Å². The topological polar surface area (TPSA) is 74.9 Å². The highest BCUT2D eigenvalue weighted by atomic mass is 32.2. The molecule has 198 valence electrons. The molecule has 1 fully saturated rings. The van der Waals surface area contributed by atoms with Crippen molar-refractivity contribution in [2.24, 2.45) is 11.8 Å². The Bertz CT molecular complexity index is 1180. The number of aromatic nitrogens is 3. The zero-order valence-electron chi connectivity index (χ0n) is 22.1. The van der Waals surface area contributed by atoms with Crippen LogP contribution in [0.3, 0.4) is 0 Å². The van der Waals surface area contributed by atoms with Crippen molar-refractivity contribution >= 4 is 23.2 Å². The Balaban J connectivity index is 1.36. The number of anilines is 1. The van der Waals surface area contributed by atoms with Crippen LogP contribution in [0.1, 0.15) is 51.6 Å². The summed E-state index contributed by atoms with van der Waals surface area (Å²) in [5.41, 5.74) is 8.67. The van der Waals surface area contributed by atoms with Gasteiger partial charge in [0, 0.05) is 24.1 Å². The fourth-order valence-corrected chi connectivity index (χ4v) is 4.97. The largest absolute Gasteiger partial charge is 0.377 e. The molecule has 2 aliphatic carbocycles. The molecule has 8 heteroatoms. The van der Waals surface area contributed by atoms with Gasteiger partial charge in [-0.1, -0.05) is 44.2 Å². The number of pyridine rings is 1. The molecule has 37 heavy (non-hydrogen) atoms. The molecule has 4 rings (SSSR count). The number of hydrogen-bond donors (Lipinski definition) is 3. The van der Waals surface area contributed by atoms with Gasteiger partial charge in [0.25, 0.3) is 0 Å². The maximum atomic E-state index is 13.5. The minimum Gasteiger partial charge on any atom is -0.377 e. The van der Waals surface area contributed by atoms with Gasteiger partial charge in [-0.15, -0.1) is 0 Å². The van der Waals surface area contributed by atoms with Crippen LogP contribution in [0.25, 0.3) is 16.8 Å². The van der Waals surface area contributed by atoms with E-state index in [9.17, 15) is 4.39 Å². The van der Waals surface area contributed by atoms with Crippen LogP contribution < -0.4 is 10.6 Å². The number of unbranched alkanes of at least 4 members (excludes halogenated alkanes) is 2. The summed E-state index contributed by atoms with van der Waals surface area (Å²) in [7, 11) is 2.01. The van der Waals surface area contributed by atoms with Gasteiger partial charge in [-0.25, -0.2) is 9.97 Å². The molecule has 0 spiro atoms. The predicted molar refractivity (Wildman–Crippen MR) is 150 cm³/mol. The van der Waals surface area contributed by atoms with Gasteiger partial charge in [0.2, 0.25) is 0 Å². The normalized spacial score (nSPS) is 18.3. The van der Waals surface area contributed by atoms with Crippen LogP contribution in [0.2, 0.25) is 0 Å². The third-order valence-corrected chi connectivity index (χ3v) is 7.24. The molecule has 6 nitrogen and oxygen atoms in total. The summed E-state index contributed by atoms with van der Waals surface area (Å²) in [5.74, 6) is 2.43. The van der Waals surface area contributed by atoms with Crippen LogP contribution in [0.4, 0.5) is 10.2 Å². The molecule has 0 radical (unpaired) electrons. The van der Waals surface area contributed by atoms with E-state index >= 15 is 0 Å². The Morgan fingerprint density at radius 2 is 2.14 bits per heavy atom. The van der Waals surface area contributed by atoms with Crippen LogP contribution in [0, 0.1) is 11.8 Å². The van der Waals surface area contributed by atoms with Gasteiger partial charge < -0.3 is 20.4 Å². The van der Waals surface area contributed by atoms with Gasteiger partial charge in [0.1, 0.15) is 11.5 Å². The summed E-state index contributed by atoms with van der Waals surface area (Å²) in [6.45, 7) is 6.97. The molecule has 2 atom stereocenters. The molecule has 3 N–H and O–H groups in total. The molecular formula is C29H38FN5OS. The number of nitrogens with one attached hydrogen (secondary N) is 3. The lowest BCUT2D eigenvalue weighted by atomic mass is 10.0. The second-order valence-corrected chi connectivity index (χ2v) is 11.1. The van der Waals surface area contributed by atoms with E-state index in [1.807, 2.05) is 19.2 Å². The van der Waals surface area contributed by atoms with E-state index < -0.39 is 5.83 Å². The maximum Gasteiger partial charge on any atom is 0.173 e. The first kappa shape index (κ1) is 27.4. The van der Waals surface area contributed by atoms with Crippen molar-refractivity contribution in [2.75, 3.05) is 37.8 Å². The molecule has 2 aromatic heterocycles. The zero-order valence-corrected chi connectivity index (χ0v) is 22.9. The number of rotatable bonds is 16. The third-order valence-electron chi connectivity index (χ3n) is 6.40. The van der Waals surface area contributed by atoms with E-state index in [0.717, 1.165) is 52.7 Å². The van der Waals surface area contributed by atoms with E-state index in [0.29, 0.717) is 24.2 Å². The number of aromatic amines is 1. The van der Waals surface area contributed by atoms with Gasteiger partial charge in [-0.05, 0) is 74.7 Å². The van der Waals surface area contributed by atoms with E-state index in [1.165, 1.54) is 38.2 Å². The SMILES string of the molecule is CNCCCCCC1CC1OCCSc1nc(C2=C=C=C(F)C=C2)c(-c2ccnc(NCC(C)C)c2)[nH]1. The second kappa shape index (κ2) is 13.8. The minimum absolute atomic E-state index is 0.422. The number of ether oxygens (including phenoxy) is 1. The van der Waals surface area contributed by atoms with Gasteiger partial charge in [0.15, 0.2) is 11.0 Å². The van der Waals surface area contributed by atoms with Crippen molar-refractivity contribution in [3.05, 3.63) is 53.5 Å². The zero-order chi connectivity index (χ0) is 26.0. The Morgan fingerprint density at radius 1 is 1.24 bits per heavy atom. The van der Waals surface area contributed by atoms with Crippen molar-refractivity contribution in [2.45, 2.75) is 57.2 Å². The number of H-pyrrole nitrogens is 1. The molecule has 0 aliphatic heterocycles. The first-order valence-corrected chi connectivity index (χ1v) is 14.3. The first-order chi connectivity index (χ1) is 18.0. The lowest BCUT2D eigenvalue weighted by Crippen LogP contribution is -2.09. The van der Waals surface area contributed by atoms with Crippen molar-refractivity contribution < 1.29 is 9.13 Å². The average Bonchev–Trinajstić information content (AvgIpc) is 3.51. The van der Waals surface area contributed by atoms with Crippen LogP contribution >= 0.6 is 11.8 Å². The highest BCUT2D eigenvalue weighted by Crippen LogP contribution is 2.38. The lowest BCUT2D eigenvalue weighted by molar-refractivity contribution is 0.122. The fourth-order valence-electron chi connectivity index (χ4n) is 4.27. The van der Waals surface area contributed by atoms with Gasteiger partial charge in [0.05, 0.1) is 24.0 Å². The minimum atomic E-state index is -0.437. The molecular weight excluding hydrogens is 485 g/mol. The summed E-state index contributed by atoms with van der Waals surface area (Å²) in [4.78, 5) is 12.7. The summed E-state index contributed by atoms with van der Waals surface area (Å²) in [6.07, 6.45) is 11.6. The van der Waals surface area contributed by atoms with Crippen molar-refractivity contribution in [1.29, 1.82) is 0 Å². The highest BCUT2D eigenvalue weighted by Gasteiger charge is 2.37. The van der Waals surface area contributed by atoms with Crippen LogP contribution in [-0.2, 0) is 4.74 Å². The van der Waals surface area contributed by atoms with Crippen LogP contribution in [-0.4, -0.2) is 53.6 Å². The summed E-state index contributed by atoms with van der Waals surface area (Å²) < 4.78 is 19.6. The number of allylic oxidation sites excluding steroid dienone is 4. The molecule has 0 saturated heterocycles. The Labute approximate surface area is 224 Å². The molecule has 0 aromatic carbocycles. The van der Waals surface area contributed by atoms with E-state index in [4.69, 9.17) is 9.72 Å². The maximum absolute atomic E-state index is 13.5. The number of imidazole rings is 1. The van der Waals surface area contributed by atoms with Gasteiger partial charge in [-0.3, -0.25) is 0 Å². The molecule has 1 saturated carbocycles. The molecule has 0 amide bonds. The smallest absolute Gasteiger partial charge is 0.173 e. The molecule has 2 heterocycles. The molecule has 2 aromatic rings. The summed E-state index contributed by atoms with van der Waals surface area (Å²) >= 11 is 1.64. The number of halogens is 1. The quantitative estimate of drug-likeness (QED) is 0.135. The average molecular weight is 524 g/mol. The van der Waals surface area contributed by atoms with Crippen LogP contribution in [0.5, 0.6) is 0 Å². The van der Waals surface area contributed by atoms with E-state index in [-0.39, 0.29) is 0 Å². The monoisotopic (exact) mass is 523 g/mol. The number of thioether (sulfide) groups is 1. The van der Waals surface area contributed by atoms with Crippen molar-refractivity contribution in [3.8, 4) is 11.3 Å². The first-order valence-electron chi connectivity index (χ1n) is 13.3. The highest BCUT2D eigenvalue weighted by molar-refractivity contribution is 7.99. The molecule has 2 aliphatic rings.